The molecular weight excluding hydrogens is 392 g/mol. The van der Waals surface area contributed by atoms with Gasteiger partial charge in [-0.2, -0.15) is 0 Å². The van der Waals surface area contributed by atoms with Crippen molar-refractivity contribution in [2.75, 3.05) is 37.3 Å². The molecule has 0 aromatic heterocycles. The Morgan fingerprint density at radius 3 is 2.52 bits per heavy atom. The summed E-state index contributed by atoms with van der Waals surface area (Å²) in [4.78, 5) is 0. The lowest BCUT2D eigenvalue weighted by atomic mass is 10.2. The maximum absolute atomic E-state index is 11.2. The lowest BCUT2D eigenvalue weighted by molar-refractivity contribution is 0.0897. The minimum atomic E-state index is -3.27. The first-order valence-corrected chi connectivity index (χ1v) is 10.2. The van der Waals surface area contributed by atoms with Gasteiger partial charge in [0.1, 0.15) is 25.1 Å². The number of para-hydroxylation sites is 2. The zero-order chi connectivity index (χ0) is 18.4. The minimum absolute atomic E-state index is 0. The fraction of sp³-hybridized carbons (Fsp3) is 0.333. The van der Waals surface area contributed by atoms with Crippen LogP contribution in [0.3, 0.4) is 0 Å². The van der Waals surface area contributed by atoms with E-state index in [9.17, 15) is 8.42 Å². The molecule has 0 saturated carbocycles. The number of hydrogen-bond acceptors (Lipinski definition) is 6. The number of ether oxygens (including phenoxy) is 3. The number of fused-ring (bicyclic) bond motifs is 1. The van der Waals surface area contributed by atoms with Gasteiger partial charge < -0.3 is 19.5 Å². The number of nitrogens with one attached hydrogen (secondary N) is 2. The molecule has 0 aliphatic carbocycles. The van der Waals surface area contributed by atoms with Crippen molar-refractivity contribution in [2.24, 2.45) is 0 Å². The van der Waals surface area contributed by atoms with E-state index in [2.05, 4.69) is 10.0 Å². The van der Waals surface area contributed by atoms with E-state index in [1.807, 2.05) is 24.3 Å². The number of anilines is 1. The normalized spacial score (nSPS) is 15.5. The fourth-order valence-electron chi connectivity index (χ4n) is 2.50. The number of benzene rings is 2. The van der Waals surface area contributed by atoms with Crippen LogP contribution in [0.25, 0.3) is 0 Å². The summed E-state index contributed by atoms with van der Waals surface area (Å²) in [6, 6.07) is 14.4. The van der Waals surface area contributed by atoms with Gasteiger partial charge in [0, 0.05) is 18.8 Å². The number of halogens is 1. The molecule has 2 aromatic rings. The van der Waals surface area contributed by atoms with Crippen molar-refractivity contribution in [1.29, 1.82) is 0 Å². The molecule has 27 heavy (non-hydrogen) atoms. The van der Waals surface area contributed by atoms with Gasteiger partial charge in [-0.15, -0.1) is 12.4 Å². The summed E-state index contributed by atoms with van der Waals surface area (Å²) in [5.41, 5.74) is 0.507. The second-order valence-electron chi connectivity index (χ2n) is 5.95. The van der Waals surface area contributed by atoms with Crippen LogP contribution < -0.4 is 24.2 Å². The van der Waals surface area contributed by atoms with E-state index in [4.69, 9.17) is 14.2 Å². The second-order valence-corrected chi connectivity index (χ2v) is 7.70. The van der Waals surface area contributed by atoms with Crippen LogP contribution in [0.2, 0.25) is 0 Å². The Bertz CT molecular complexity index is 830. The molecule has 0 fully saturated rings. The molecule has 1 heterocycles. The van der Waals surface area contributed by atoms with Crippen LogP contribution in [0.15, 0.2) is 48.5 Å². The summed E-state index contributed by atoms with van der Waals surface area (Å²) < 4.78 is 41.9. The molecule has 0 saturated heterocycles. The van der Waals surface area contributed by atoms with Crippen molar-refractivity contribution < 1.29 is 22.6 Å². The molecule has 1 unspecified atom stereocenters. The Hall–Kier alpha value is -2.16. The molecule has 1 aliphatic heterocycles. The van der Waals surface area contributed by atoms with Gasteiger partial charge in [0.05, 0.1) is 6.26 Å². The van der Waals surface area contributed by atoms with Crippen LogP contribution >= 0.6 is 12.4 Å². The summed E-state index contributed by atoms with van der Waals surface area (Å²) >= 11 is 0. The zero-order valence-corrected chi connectivity index (χ0v) is 16.5. The first-order chi connectivity index (χ1) is 12.5. The molecular formula is C18H23ClN2O5S. The van der Waals surface area contributed by atoms with Gasteiger partial charge in [0.15, 0.2) is 11.5 Å². The summed E-state index contributed by atoms with van der Waals surface area (Å²) in [5.74, 6) is 2.22. The Balaban J connectivity index is 0.00000261. The molecule has 3 rings (SSSR count). The van der Waals surface area contributed by atoms with E-state index in [0.717, 1.165) is 17.8 Å². The highest BCUT2D eigenvalue weighted by Gasteiger charge is 2.19. The van der Waals surface area contributed by atoms with Crippen molar-refractivity contribution in [1.82, 2.24) is 5.32 Å². The second kappa shape index (κ2) is 9.68. The molecule has 2 aromatic carbocycles. The summed E-state index contributed by atoms with van der Waals surface area (Å²) in [6.45, 7) is 2.32. The molecule has 7 nitrogen and oxygen atoms in total. The van der Waals surface area contributed by atoms with Crippen molar-refractivity contribution in [3.05, 3.63) is 48.5 Å². The third-order valence-electron chi connectivity index (χ3n) is 3.64. The maximum atomic E-state index is 11.2. The van der Waals surface area contributed by atoms with Crippen molar-refractivity contribution in [2.45, 2.75) is 6.10 Å². The topological polar surface area (TPSA) is 85.9 Å². The first kappa shape index (κ1) is 21.1. The number of rotatable bonds is 8. The summed E-state index contributed by atoms with van der Waals surface area (Å²) in [7, 11) is -3.27. The van der Waals surface area contributed by atoms with Crippen LogP contribution in [0.1, 0.15) is 0 Å². The van der Waals surface area contributed by atoms with Gasteiger partial charge >= 0.3 is 0 Å². The smallest absolute Gasteiger partial charge is 0.229 e. The van der Waals surface area contributed by atoms with Crippen molar-refractivity contribution in [3.63, 3.8) is 0 Å². The maximum Gasteiger partial charge on any atom is 0.229 e. The average Bonchev–Trinajstić information content (AvgIpc) is 2.61. The third kappa shape index (κ3) is 6.82. The Kier molecular flexibility index (Phi) is 7.58. The largest absolute Gasteiger partial charge is 0.492 e. The zero-order valence-electron chi connectivity index (χ0n) is 14.9. The van der Waals surface area contributed by atoms with Gasteiger partial charge in [-0.3, -0.25) is 4.72 Å². The molecule has 0 radical (unpaired) electrons. The van der Waals surface area contributed by atoms with Gasteiger partial charge in [0.2, 0.25) is 10.0 Å². The fourth-order valence-corrected chi connectivity index (χ4v) is 3.07. The molecule has 9 heteroatoms. The van der Waals surface area contributed by atoms with Crippen LogP contribution in [-0.2, 0) is 10.0 Å². The lowest BCUT2D eigenvalue weighted by Crippen LogP contribution is -2.39. The molecule has 0 amide bonds. The number of hydrogen-bond donors (Lipinski definition) is 2. The van der Waals surface area contributed by atoms with Crippen LogP contribution in [0.4, 0.5) is 5.69 Å². The molecule has 1 aliphatic rings. The quantitative estimate of drug-likeness (QED) is 0.644. The third-order valence-corrected chi connectivity index (χ3v) is 4.25. The molecule has 0 bridgehead atoms. The summed E-state index contributed by atoms with van der Waals surface area (Å²) in [5, 5.41) is 3.28. The van der Waals surface area contributed by atoms with Gasteiger partial charge in [-0.25, -0.2) is 8.42 Å². The monoisotopic (exact) mass is 414 g/mol. The van der Waals surface area contributed by atoms with Gasteiger partial charge in [-0.05, 0) is 36.4 Å². The Morgan fingerprint density at radius 1 is 1.11 bits per heavy atom. The van der Waals surface area contributed by atoms with E-state index in [1.165, 1.54) is 0 Å². The van der Waals surface area contributed by atoms with Gasteiger partial charge in [0.25, 0.3) is 0 Å². The highest BCUT2D eigenvalue weighted by Crippen LogP contribution is 2.30. The predicted molar refractivity (Wildman–Crippen MR) is 107 cm³/mol. The van der Waals surface area contributed by atoms with Crippen LogP contribution in [0, 0.1) is 0 Å². The average molecular weight is 415 g/mol. The predicted octanol–water partition coefficient (Wildman–Crippen LogP) is 2.29. The SMILES string of the molecule is CS(=O)(=O)Nc1ccc(OCCNCC2COc3ccccc3O2)cc1.Cl. The number of sulfonamides is 1. The van der Waals surface area contributed by atoms with Gasteiger partial charge in [-0.1, -0.05) is 12.1 Å². The van der Waals surface area contributed by atoms with Crippen molar-refractivity contribution in [3.8, 4) is 17.2 Å². The molecule has 2 N–H and O–H groups in total. The van der Waals surface area contributed by atoms with Crippen molar-refractivity contribution >= 4 is 28.1 Å². The highest BCUT2D eigenvalue weighted by atomic mass is 35.5. The first-order valence-electron chi connectivity index (χ1n) is 8.29. The Labute approximate surface area is 165 Å². The Morgan fingerprint density at radius 2 is 1.81 bits per heavy atom. The minimum Gasteiger partial charge on any atom is -0.492 e. The van der Waals surface area contributed by atoms with E-state index in [-0.39, 0.29) is 18.5 Å². The van der Waals surface area contributed by atoms with E-state index >= 15 is 0 Å². The summed E-state index contributed by atoms with van der Waals surface area (Å²) in [6.07, 6.45) is 1.08. The van der Waals surface area contributed by atoms with Crippen LogP contribution in [-0.4, -0.2) is 47.1 Å². The van der Waals surface area contributed by atoms with E-state index in [0.29, 0.717) is 37.7 Å². The molecule has 148 valence electrons. The van der Waals surface area contributed by atoms with Crippen LogP contribution in [0.5, 0.6) is 17.2 Å². The lowest BCUT2D eigenvalue weighted by Gasteiger charge is -2.26. The highest BCUT2D eigenvalue weighted by molar-refractivity contribution is 7.92. The standard InChI is InChI=1S/C18H22N2O5S.ClH/c1-26(21,22)20-14-6-8-15(9-7-14)23-11-10-19-12-16-13-24-17-4-2-3-5-18(17)25-16;/h2-9,16,19-20H,10-13H2,1H3;1H. The molecule has 0 spiro atoms. The molecule has 1 atom stereocenters. The van der Waals surface area contributed by atoms with E-state index < -0.39 is 10.0 Å². The van der Waals surface area contributed by atoms with E-state index in [1.54, 1.807) is 24.3 Å².